The highest BCUT2D eigenvalue weighted by molar-refractivity contribution is 6.32. The molecule has 1 aromatic heterocycles. The smallest absolute Gasteiger partial charge is 0.211 e. The summed E-state index contributed by atoms with van der Waals surface area (Å²) in [5.74, 6) is -0.224. The number of nitrogens with zero attached hydrogens (tertiary/aromatic N) is 2. The molecule has 0 aliphatic heterocycles. The Morgan fingerprint density at radius 2 is 1.94 bits per heavy atom. The summed E-state index contributed by atoms with van der Waals surface area (Å²) in [4.78, 5) is 10.0. The van der Waals surface area contributed by atoms with Crippen LogP contribution in [0.2, 0.25) is 5.02 Å². The van der Waals surface area contributed by atoms with Gasteiger partial charge in [0.05, 0.1) is 16.7 Å². The Bertz CT molecular complexity index is 1260. The van der Waals surface area contributed by atoms with Crippen LogP contribution in [-0.4, -0.2) is 22.2 Å². The van der Waals surface area contributed by atoms with Crippen molar-refractivity contribution in [3.8, 4) is 17.2 Å². The largest absolute Gasteiger partial charge is 0.392 e. The van der Waals surface area contributed by atoms with E-state index in [2.05, 4.69) is 5.32 Å². The zero-order valence-corrected chi connectivity index (χ0v) is 18.1. The number of amides is 1. The van der Waals surface area contributed by atoms with Crippen LogP contribution in [-0.2, 0) is 11.3 Å². The summed E-state index contributed by atoms with van der Waals surface area (Å²) in [7, 11) is 0. The SMILES string of the molecule is CC(O)Cn1ccc2cc(F)c(-c3ccccc3)cc21.N#Cc1ccc(NC=O)cc1Cl. The maximum atomic E-state index is 14.2. The molecule has 1 heterocycles. The average Bonchev–Trinajstić information content (AvgIpc) is 3.15. The lowest BCUT2D eigenvalue weighted by Crippen LogP contribution is -2.10. The second-order valence-corrected chi connectivity index (χ2v) is 7.55. The maximum absolute atomic E-state index is 14.2. The number of aliphatic hydroxyl groups excluding tert-OH is 1. The third kappa shape index (κ3) is 5.52. The molecule has 1 unspecified atom stereocenters. The van der Waals surface area contributed by atoms with Crippen LogP contribution < -0.4 is 5.32 Å². The second-order valence-electron chi connectivity index (χ2n) is 7.14. The first-order valence-corrected chi connectivity index (χ1v) is 10.2. The number of nitrogens with one attached hydrogen (secondary N) is 1. The van der Waals surface area contributed by atoms with Gasteiger partial charge in [-0.05, 0) is 48.9 Å². The van der Waals surface area contributed by atoms with Gasteiger partial charge in [0, 0.05) is 34.9 Å². The van der Waals surface area contributed by atoms with Crippen LogP contribution in [0.3, 0.4) is 0 Å². The van der Waals surface area contributed by atoms with Crippen LogP contribution in [0.1, 0.15) is 12.5 Å². The molecule has 0 spiro atoms. The van der Waals surface area contributed by atoms with Gasteiger partial charge in [0.25, 0.3) is 0 Å². The van der Waals surface area contributed by atoms with Crippen molar-refractivity contribution < 1.29 is 14.3 Å². The van der Waals surface area contributed by atoms with Gasteiger partial charge in [0.1, 0.15) is 11.9 Å². The number of fused-ring (bicyclic) bond motifs is 1. The lowest BCUT2D eigenvalue weighted by Gasteiger charge is -2.10. The van der Waals surface area contributed by atoms with Crippen molar-refractivity contribution in [1.82, 2.24) is 4.57 Å². The summed E-state index contributed by atoms with van der Waals surface area (Å²) in [5, 5.41) is 21.7. The molecule has 2 N–H and O–H groups in total. The number of aliphatic hydroxyl groups is 1. The number of hydrogen-bond acceptors (Lipinski definition) is 3. The van der Waals surface area contributed by atoms with Gasteiger partial charge in [0.2, 0.25) is 6.41 Å². The summed E-state index contributed by atoms with van der Waals surface area (Å²) in [6.45, 7) is 2.25. The van der Waals surface area contributed by atoms with E-state index in [-0.39, 0.29) is 5.82 Å². The number of halogens is 2. The predicted octanol–water partition coefficient (Wildman–Crippen LogP) is 5.61. The molecule has 1 amide bonds. The fourth-order valence-corrected chi connectivity index (χ4v) is 3.48. The minimum Gasteiger partial charge on any atom is -0.392 e. The topological polar surface area (TPSA) is 78.1 Å². The van der Waals surface area contributed by atoms with Gasteiger partial charge in [-0.25, -0.2) is 4.39 Å². The lowest BCUT2D eigenvalue weighted by atomic mass is 10.0. The third-order valence-electron chi connectivity index (χ3n) is 4.72. The average molecular weight is 450 g/mol. The van der Waals surface area contributed by atoms with Crippen LogP contribution in [0.4, 0.5) is 10.1 Å². The third-order valence-corrected chi connectivity index (χ3v) is 5.03. The quantitative estimate of drug-likeness (QED) is 0.389. The number of anilines is 1. The Labute approximate surface area is 190 Å². The number of rotatable bonds is 5. The van der Waals surface area contributed by atoms with Crippen LogP contribution >= 0.6 is 11.6 Å². The molecule has 3 aromatic carbocycles. The first kappa shape index (κ1) is 23.0. The number of carbonyl (C=O) groups excluding carboxylic acids is 1. The summed E-state index contributed by atoms with van der Waals surface area (Å²) >= 11 is 5.69. The highest BCUT2D eigenvalue weighted by atomic mass is 35.5. The van der Waals surface area contributed by atoms with E-state index < -0.39 is 6.10 Å². The van der Waals surface area contributed by atoms with E-state index in [9.17, 15) is 14.3 Å². The van der Waals surface area contributed by atoms with Crippen molar-refractivity contribution >= 4 is 34.6 Å². The highest BCUT2D eigenvalue weighted by Gasteiger charge is 2.10. The van der Waals surface area contributed by atoms with Gasteiger partial charge < -0.3 is 15.0 Å². The molecule has 1 atom stereocenters. The first-order chi connectivity index (χ1) is 15.4. The summed E-state index contributed by atoms with van der Waals surface area (Å²) < 4.78 is 16.2. The number of nitriles is 1. The van der Waals surface area contributed by atoms with Crippen molar-refractivity contribution in [3.05, 3.63) is 89.3 Å². The standard InChI is InChI=1S/C17H16FNO.C8H5ClN2O/c1-12(20)11-19-8-7-14-9-16(18)15(10-17(14)19)13-5-3-2-4-6-13;9-8-3-7(11-5-12)2-1-6(8)4-10/h2-10,12,20H,11H2,1H3;1-3,5H,(H,11,12). The lowest BCUT2D eigenvalue weighted by molar-refractivity contribution is -0.105. The van der Waals surface area contributed by atoms with Crippen molar-refractivity contribution in [2.24, 2.45) is 0 Å². The molecule has 4 rings (SSSR count). The molecule has 162 valence electrons. The molecular weight excluding hydrogens is 429 g/mol. The number of hydrogen-bond donors (Lipinski definition) is 2. The Morgan fingerprint density at radius 3 is 2.56 bits per heavy atom. The number of aromatic nitrogens is 1. The zero-order valence-electron chi connectivity index (χ0n) is 17.3. The molecule has 0 aliphatic rings. The molecule has 4 aromatic rings. The Hall–Kier alpha value is -3.66. The number of benzene rings is 3. The predicted molar refractivity (Wildman–Crippen MR) is 125 cm³/mol. The normalized spacial score (nSPS) is 11.2. The Balaban J connectivity index is 0.000000207. The molecule has 0 saturated carbocycles. The maximum Gasteiger partial charge on any atom is 0.211 e. The minimum atomic E-state index is -0.434. The van der Waals surface area contributed by atoms with Crippen LogP contribution in [0.25, 0.3) is 22.0 Å². The minimum absolute atomic E-state index is 0.224. The monoisotopic (exact) mass is 449 g/mol. The zero-order chi connectivity index (χ0) is 23.1. The van der Waals surface area contributed by atoms with E-state index in [1.165, 1.54) is 6.07 Å². The van der Waals surface area contributed by atoms with Gasteiger partial charge in [-0.2, -0.15) is 5.26 Å². The molecule has 0 saturated heterocycles. The fourth-order valence-electron chi connectivity index (χ4n) is 3.26. The van der Waals surface area contributed by atoms with Crippen LogP contribution in [0.15, 0.2) is 72.9 Å². The first-order valence-electron chi connectivity index (χ1n) is 9.84. The molecule has 0 fully saturated rings. The van der Waals surface area contributed by atoms with Crippen LogP contribution in [0.5, 0.6) is 0 Å². The second kappa shape index (κ2) is 10.6. The van der Waals surface area contributed by atoms with E-state index in [0.29, 0.717) is 34.8 Å². The van der Waals surface area contributed by atoms with E-state index in [1.807, 2.05) is 59.3 Å². The highest BCUT2D eigenvalue weighted by Crippen LogP contribution is 2.28. The van der Waals surface area contributed by atoms with E-state index in [1.54, 1.807) is 25.1 Å². The van der Waals surface area contributed by atoms with Crippen molar-refractivity contribution in [2.45, 2.75) is 19.6 Å². The van der Waals surface area contributed by atoms with E-state index in [4.69, 9.17) is 16.9 Å². The Kier molecular flexibility index (Phi) is 7.61. The fraction of sp³-hybridized carbons (Fsp3) is 0.120. The van der Waals surface area contributed by atoms with Gasteiger partial charge in [0.15, 0.2) is 0 Å². The van der Waals surface area contributed by atoms with E-state index >= 15 is 0 Å². The van der Waals surface area contributed by atoms with E-state index in [0.717, 1.165) is 16.5 Å². The molecule has 0 bridgehead atoms. The van der Waals surface area contributed by atoms with Gasteiger partial charge >= 0.3 is 0 Å². The van der Waals surface area contributed by atoms with Gasteiger partial charge in [-0.1, -0.05) is 41.9 Å². The Morgan fingerprint density at radius 1 is 1.19 bits per heavy atom. The summed E-state index contributed by atoms with van der Waals surface area (Å²) in [6, 6.07) is 21.4. The molecule has 7 heteroatoms. The van der Waals surface area contributed by atoms with Gasteiger partial charge in [-0.3, -0.25) is 4.79 Å². The molecule has 32 heavy (non-hydrogen) atoms. The van der Waals surface area contributed by atoms with Gasteiger partial charge in [-0.15, -0.1) is 0 Å². The molecule has 5 nitrogen and oxygen atoms in total. The molecule has 0 aliphatic carbocycles. The van der Waals surface area contributed by atoms with Crippen molar-refractivity contribution in [1.29, 1.82) is 5.26 Å². The summed E-state index contributed by atoms with van der Waals surface area (Å²) in [6.07, 6.45) is 2.00. The summed E-state index contributed by atoms with van der Waals surface area (Å²) in [5.41, 5.74) is 3.36. The number of carbonyl (C=O) groups is 1. The van der Waals surface area contributed by atoms with Crippen molar-refractivity contribution in [3.63, 3.8) is 0 Å². The molecular formula is C25H21ClFN3O2. The van der Waals surface area contributed by atoms with Crippen molar-refractivity contribution in [2.75, 3.05) is 5.32 Å². The van der Waals surface area contributed by atoms with Crippen LogP contribution in [0, 0.1) is 17.1 Å². The molecule has 0 radical (unpaired) electrons.